The summed E-state index contributed by atoms with van der Waals surface area (Å²) in [5, 5.41) is 3.04. The number of cyclic esters (lactones) is 1. The van der Waals surface area contributed by atoms with Crippen molar-refractivity contribution >= 4 is 34.5 Å². The van der Waals surface area contributed by atoms with E-state index >= 15 is 0 Å². The third-order valence-corrected chi connectivity index (χ3v) is 4.63. The number of methoxy groups -OCH3 is 1. The minimum Gasteiger partial charge on any atom is -0.494 e. The number of rotatable bonds is 2. The highest BCUT2D eigenvalue weighted by molar-refractivity contribution is 8.17. The number of ether oxygens (including phenoxy) is 2. The van der Waals surface area contributed by atoms with Crippen molar-refractivity contribution in [3.8, 4) is 5.75 Å². The molecule has 0 aliphatic carbocycles. The number of carbonyl (C=O) groups excluding carboxylic acids is 2. The molecule has 2 atom stereocenters. The van der Waals surface area contributed by atoms with Gasteiger partial charge in [-0.05, 0) is 19.1 Å². The van der Waals surface area contributed by atoms with Crippen molar-refractivity contribution in [3.05, 3.63) is 24.3 Å². The zero-order valence-electron chi connectivity index (χ0n) is 11.6. The smallest absolute Gasteiger partial charge is 0.332 e. The van der Waals surface area contributed by atoms with E-state index in [1.165, 1.54) is 0 Å². The maximum atomic E-state index is 12.2. The molecule has 21 heavy (non-hydrogen) atoms. The van der Waals surface area contributed by atoms with Gasteiger partial charge in [-0.3, -0.25) is 4.79 Å². The van der Waals surface area contributed by atoms with Gasteiger partial charge in [-0.1, -0.05) is 23.9 Å². The molecule has 0 radical (unpaired) electrons. The number of carbonyl (C=O) groups is 2. The van der Waals surface area contributed by atoms with E-state index in [9.17, 15) is 9.59 Å². The Hall–Kier alpha value is -2.02. The zero-order valence-corrected chi connectivity index (χ0v) is 12.4. The van der Waals surface area contributed by atoms with Crippen LogP contribution in [-0.4, -0.2) is 35.0 Å². The molecule has 1 aromatic carbocycles. The molecule has 0 bridgehead atoms. The maximum Gasteiger partial charge on any atom is 0.332 e. The molecule has 2 aliphatic rings. The molecular weight excluding hydrogens is 292 g/mol. The Kier molecular flexibility index (Phi) is 3.36. The molecule has 1 aromatic rings. The number of amidine groups is 1. The van der Waals surface area contributed by atoms with E-state index < -0.39 is 10.7 Å². The first-order valence-corrected chi connectivity index (χ1v) is 7.30. The fourth-order valence-electron chi connectivity index (χ4n) is 2.39. The molecule has 1 spiro atoms. The first-order chi connectivity index (χ1) is 10.0. The Labute approximate surface area is 125 Å². The molecule has 1 amide bonds. The highest BCUT2D eigenvalue weighted by Crippen LogP contribution is 2.43. The normalized spacial score (nSPS) is 29.8. The number of thioether (sulfide) groups is 1. The van der Waals surface area contributed by atoms with Crippen molar-refractivity contribution < 1.29 is 19.1 Å². The fourth-order valence-corrected chi connectivity index (χ4v) is 3.60. The molecule has 110 valence electrons. The first-order valence-electron chi connectivity index (χ1n) is 6.48. The van der Waals surface area contributed by atoms with Crippen LogP contribution in [0.2, 0.25) is 0 Å². The van der Waals surface area contributed by atoms with Crippen LogP contribution in [0.25, 0.3) is 0 Å². The number of amides is 1. The summed E-state index contributed by atoms with van der Waals surface area (Å²) in [6.45, 7) is 1.77. The number of esters is 1. The van der Waals surface area contributed by atoms with E-state index in [0.29, 0.717) is 23.0 Å². The number of hydrogen-bond acceptors (Lipinski definition) is 6. The van der Waals surface area contributed by atoms with Crippen LogP contribution in [0, 0.1) is 0 Å². The van der Waals surface area contributed by atoms with Gasteiger partial charge < -0.3 is 14.8 Å². The monoisotopic (exact) mass is 306 g/mol. The van der Waals surface area contributed by atoms with Crippen LogP contribution in [0.15, 0.2) is 29.3 Å². The van der Waals surface area contributed by atoms with Gasteiger partial charge in [0.25, 0.3) is 5.91 Å². The highest BCUT2D eigenvalue weighted by Gasteiger charge is 2.59. The third-order valence-electron chi connectivity index (χ3n) is 3.38. The second-order valence-electron chi connectivity index (χ2n) is 4.89. The molecule has 0 unspecified atom stereocenters. The minimum atomic E-state index is -1.19. The van der Waals surface area contributed by atoms with Gasteiger partial charge in [-0.25, -0.2) is 9.79 Å². The van der Waals surface area contributed by atoms with E-state index in [4.69, 9.17) is 9.47 Å². The summed E-state index contributed by atoms with van der Waals surface area (Å²) >= 11 is 1.11. The van der Waals surface area contributed by atoms with Crippen LogP contribution in [0.4, 0.5) is 5.69 Å². The topological polar surface area (TPSA) is 77.0 Å². The van der Waals surface area contributed by atoms with Crippen LogP contribution in [0.5, 0.6) is 5.75 Å². The Morgan fingerprint density at radius 3 is 2.86 bits per heavy atom. The molecule has 6 nitrogen and oxygen atoms in total. The molecule has 0 saturated carbocycles. The second kappa shape index (κ2) is 5.07. The van der Waals surface area contributed by atoms with E-state index in [2.05, 4.69) is 10.3 Å². The van der Waals surface area contributed by atoms with Crippen molar-refractivity contribution in [1.82, 2.24) is 5.32 Å². The van der Waals surface area contributed by atoms with Crippen molar-refractivity contribution in [2.45, 2.75) is 24.2 Å². The zero-order chi connectivity index (χ0) is 15.0. The lowest BCUT2D eigenvalue weighted by molar-refractivity contribution is -0.144. The Morgan fingerprint density at radius 2 is 2.19 bits per heavy atom. The van der Waals surface area contributed by atoms with Gasteiger partial charge in [0.15, 0.2) is 5.17 Å². The summed E-state index contributed by atoms with van der Waals surface area (Å²) in [5.41, 5.74) is 0.597. The highest BCUT2D eigenvalue weighted by atomic mass is 32.2. The SMILES string of the molecule is COc1ccccc1N=C1NC(=O)[C@]2(C[C@H](C)OC2=O)S1. The minimum absolute atomic E-state index is 0.263. The first kappa shape index (κ1) is 13.9. The number of nitrogens with zero attached hydrogens (tertiary/aromatic N) is 1. The van der Waals surface area contributed by atoms with Gasteiger partial charge >= 0.3 is 5.97 Å². The van der Waals surface area contributed by atoms with Gasteiger partial charge in [0.2, 0.25) is 4.75 Å². The van der Waals surface area contributed by atoms with Crippen LogP contribution in [0.1, 0.15) is 13.3 Å². The van der Waals surface area contributed by atoms with Gasteiger partial charge in [0.1, 0.15) is 17.5 Å². The standard InChI is InChI=1S/C14H14N2O4S/c1-8-7-14(12(18)20-8)11(17)16-13(21-14)15-9-5-3-4-6-10(9)19-2/h3-6,8H,7H2,1-2H3,(H,15,16,17)/t8-,14-/m0/s1. The fraction of sp³-hybridized carbons (Fsp3) is 0.357. The van der Waals surface area contributed by atoms with E-state index in [1.54, 1.807) is 26.2 Å². The predicted molar refractivity (Wildman–Crippen MR) is 78.7 cm³/mol. The van der Waals surface area contributed by atoms with Gasteiger partial charge in [0, 0.05) is 6.42 Å². The molecule has 2 heterocycles. The number of para-hydroxylation sites is 2. The molecule has 1 N–H and O–H groups in total. The lowest BCUT2D eigenvalue weighted by Gasteiger charge is -2.10. The molecule has 3 rings (SSSR count). The number of hydrogen-bond donors (Lipinski definition) is 1. The average molecular weight is 306 g/mol. The lowest BCUT2D eigenvalue weighted by atomic mass is 10.0. The second-order valence-corrected chi connectivity index (χ2v) is 6.18. The Balaban J connectivity index is 1.91. The van der Waals surface area contributed by atoms with Crippen molar-refractivity contribution in [2.75, 3.05) is 7.11 Å². The summed E-state index contributed by atoms with van der Waals surface area (Å²) in [7, 11) is 1.55. The molecule has 7 heteroatoms. The lowest BCUT2D eigenvalue weighted by Crippen LogP contribution is -2.40. The summed E-state index contributed by atoms with van der Waals surface area (Å²) in [6.07, 6.45) is 0.0918. The van der Waals surface area contributed by atoms with Crippen molar-refractivity contribution in [1.29, 1.82) is 0 Å². The molecule has 2 aliphatic heterocycles. The van der Waals surface area contributed by atoms with E-state index in [1.807, 2.05) is 12.1 Å². The molecule has 2 fully saturated rings. The quantitative estimate of drug-likeness (QED) is 0.663. The van der Waals surface area contributed by atoms with Crippen LogP contribution >= 0.6 is 11.8 Å². The number of benzene rings is 1. The third kappa shape index (κ3) is 2.27. The Morgan fingerprint density at radius 1 is 1.43 bits per heavy atom. The molecule has 0 aromatic heterocycles. The van der Waals surface area contributed by atoms with Gasteiger partial charge in [0.05, 0.1) is 7.11 Å². The number of aliphatic imine (C=N–C) groups is 1. The summed E-state index contributed by atoms with van der Waals surface area (Å²) < 4.78 is 9.14. The average Bonchev–Trinajstić information content (AvgIpc) is 2.91. The molecular formula is C14H14N2O4S. The molecule has 2 saturated heterocycles. The Bertz CT molecular complexity index is 646. The van der Waals surface area contributed by atoms with E-state index in [0.717, 1.165) is 11.8 Å². The summed E-state index contributed by atoms with van der Waals surface area (Å²) in [6, 6.07) is 7.22. The van der Waals surface area contributed by atoms with Crippen LogP contribution < -0.4 is 10.1 Å². The summed E-state index contributed by atoms with van der Waals surface area (Å²) in [5.74, 6) is -0.263. The number of nitrogens with one attached hydrogen (secondary N) is 1. The largest absolute Gasteiger partial charge is 0.494 e. The van der Waals surface area contributed by atoms with Gasteiger partial charge in [-0.2, -0.15) is 0 Å². The van der Waals surface area contributed by atoms with E-state index in [-0.39, 0.29) is 12.0 Å². The predicted octanol–water partition coefficient (Wildman–Crippen LogP) is 1.62. The van der Waals surface area contributed by atoms with Crippen molar-refractivity contribution in [3.63, 3.8) is 0 Å². The van der Waals surface area contributed by atoms with Crippen molar-refractivity contribution in [2.24, 2.45) is 4.99 Å². The van der Waals surface area contributed by atoms with Gasteiger partial charge in [-0.15, -0.1) is 0 Å². The van der Waals surface area contributed by atoms with Crippen LogP contribution in [-0.2, 0) is 14.3 Å². The maximum absolute atomic E-state index is 12.2. The van der Waals surface area contributed by atoms with Crippen LogP contribution in [0.3, 0.4) is 0 Å². The summed E-state index contributed by atoms with van der Waals surface area (Å²) in [4.78, 5) is 28.5.